The van der Waals surface area contributed by atoms with E-state index >= 15 is 0 Å². The molecule has 2 aliphatic heterocycles. The molecule has 3 aliphatic rings. The highest BCUT2D eigenvalue weighted by Gasteiger charge is 2.64. The molecule has 4 aromatic rings. The van der Waals surface area contributed by atoms with Crippen LogP contribution >= 0.6 is 0 Å². The molecule has 1 aliphatic carbocycles. The molecule has 216 valence electrons. The number of benzene rings is 4. The maximum atomic E-state index is 13.5. The summed E-state index contributed by atoms with van der Waals surface area (Å²) in [5.41, 5.74) is 0.291. The molecular formula is C35H31NO6Si. The van der Waals surface area contributed by atoms with E-state index in [9.17, 15) is 19.5 Å². The van der Waals surface area contributed by atoms with Crippen molar-refractivity contribution >= 4 is 36.5 Å². The normalized spacial score (nSPS) is 25.7. The minimum Gasteiger partial charge on any atom is -0.461 e. The predicted molar refractivity (Wildman–Crippen MR) is 163 cm³/mol. The smallest absolute Gasteiger partial charge is 0.338 e. The average Bonchev–Trinajstić information content (AvgIpc) is 3.49. The number of fused-ring (bicyclic) bond motifs is 2. The zero-order valence-electron chi connectivity index (χ0n) is 23.5. The van der Waals surface area contributed by atoms with Gasteiger partial charge in [-0.3, -0.25) is 14.5 Å². The van der Waals surface area contributed by atoms with E-state index in [4.69, 9.17) is 9.16 Å². The lowest BCUT2D eigenvalue weighted by Gasteiger charge is -2.48. The SMILES string of the molecule is O=C(OC[C@]12CC[Si](c3ccccc3)(c3ccccc3)O[C@H]1[C@@H](O)[C@H](N1C(=O)c3ccccc3C1=O)C2)c1ccccc1. The van der Waals surface area contributed by atoms with E-state index in [0.717, 1.165) is 10.4 Å². The van der Waals surface area contributed by atoms with Crippen molar-refractivity contribution in [2.75, 3.05) is 6.61 Å². The Labute approximate surface area is 250 Å². The van der Waals surface area contributed by atoms with Crippen LogP contribution in [-0.4, -0.2) is 61.0 Å². The van der Waals surface area contributed by atoms with Gasteiger partial charge in [-0.25, -0.2) is 4.79 Å². The number of amides is 2. The Morgan fingerprint density at radius 2 is 1.33 bits per heavy atom. The average molecular weight is 590 g/mol. The molecule has 1 N–H and O–H groups in total. The summed E-state index contributed by atoms with van der Waals surface area (Å²) >= 11 is 0. The first-order chi connectivity index (χ1) is 20.9. The van der Waals surface area contributed by atoms with Gasteiger partial charge in [0.25, 0.3) is 20.1 Å². The largest absolute Gasteiger partial charge is 0.461 e. The molecule has 0 bridgehead atoms. The molecule has 0 radical (unpaired) electrons. The fourth-order valence-electron chi connectivity index (χ4n) is 7.20. The lowest BCUT2D eigenvalue weighted by atomic mass is 9.81. The van der Waals surface area contributed by atoms with E-state index in [0.29, 0.717) is 29.2 Å². The van der Waals surface area contributed by atoms with Gasteiger partial charge in [0.1, 0.15) is 6.10 Å². The highest BCUT2D eigenvalue weighted by molar-refractivity contribution is 6.97. The number of aliphatic hydroxyl groups excluding tert-OH is 1. The van der Waals surface area contributed by atoms with Crippen LogP contribution in [0.2, 0.25) is 6.04 Å². The summed E-state index contributed by atoms with van der Waals surface area (Å²) < 4.78 is 13.1. The maximum absolute atomic E-state index is 13.5. The second-order valence-corrected chi connectivity index (χ2v) is 15.2. The van der Waals surface area contributed by atoms with Crippen molar-refractivity contribution in [1.29, 1.82) is 0 Å². The van der Waals surface area contributed by atoms with Crippen molar-refractivity contribution in [1.82, 2.24) is 4.90 Å². The van der Waals surface area contributed by atoms with Crippen molar-refractivity contribution in [3.63, 3.8) is 0 Å². The first-order valence-corrected chi connectivity index (χ1v) is 16.7. The summed E-state index contributed by atoms with van der Waals surface area (Å²) in [6.45, 7) is -0.00379. The topological polar surface area (TPSA) is 93.1 Å². The molecule has 2 fully saturated rings. The standard InChI is InChI=1S/C35H31NO6Si/c37-30-29(36-32(38)27-18-10-11-19-28(27)33(36)39)22-35(23-41-34(40)24-12-4-1-5-13-24)20-21-43(42-31(30)35,25-14-6-2-7-15-25)26-16-8-3-9-17-26/h1-19,29-31,37H,20-23H2/t29-,30+,31+,35-/m1/s1. The molecule has 1 saturated heterocycles. The van der Waals surface area contributed by atoms with E-state index < -0.39 is 49.8 Å². The van der Waals surface area contributed by atoms with Crippen LogP contribution in [0.15, 0.2) is 115 Å². The van der Waals surface area contributed by atoms with Crippen LogP contribution in [0.25, 0.3) is 0 Å². The summed E-state index contributed by atoms with van der Waals surface area (Å²) in [7, 11) is -2.89. The number of ether oxygens (including phenoxy) is 1. The summed E-state index contributed by atoms with van der Waals surface area (Å²) in [5.74, 6) is -1.31. The van der Waals surface area contributed by atoms with E-state index in [-0.39, 0.29) is 13.0 Å². The predicted octanol–water partition coefficient (Wildman–Crippen LogP) is 3.81. The maximum Gasteiger partial charge on any atom is 0.338 e. The van der Waals surface area contributed by atoms with Gasteiger partial charge < -0.3 is 14.3 Å². The highest BCUT2D eigenvalue weighted by Crippen LogP contribution is 2.52. The second-order valence-electron chi connectivity index (χ2n) is 11.7. The lowest BCUT2D eigenvalue weighted by Crippen LogP contribution is -2.68. The molecule has 7 rings (SSSR count). The molecule has 7 nitrogen and oxygen atoms in total. The number of esters is 1. The summed E-state index contributed by atoms with van der Waals surface area (Å²) in [6, 6.07) is 35.6. The number of hydrogen-bond donors (Lipinski definition) is 1. The third-order valence-electron chi connectivity index (χ3n) is 9.36. The lowest BCUT2D eigenvalue weighted by molar-refractivity contribution is -0.0575. The molecule has 4 atom stereocenters. The van der Waals surface area contributed by atoms with E-state index in [1.807, 2.05) is 42.5 Å². The molecule has 43 heavy (non-hydrogen) atoms. The highest BCUT2D eigenvalue weighted by atomic mass is 28.4. The number of nitrogens with zero attached hydrogens (tertiary/aromatic N) is 1. The Hall–Kier alpha value is -4.37. The quantitative estimate of drug-likeness (QED) is 0.209. The third-order valence-corrected chi connectivity index (χ3v) is 13.5. The zero-order chi connectivity index (χ0) is 29.6. The Kier molecular flexibility index (Phi) is 6.84. The number of carbonyl (C=O) groups is 3. The Bertz CT molecular complexity index is 1610. The van der Waals surface area contributed by atoms with Gasteiger partial charge in [0.05, 0.1) is 35.4 Å². The molecule has 4 aromatic carbocycles. The number of rotatable bonds is 6. The number of hydrogen-bond acceptors (Lipinski definition) is 6. The van der Waals surface area contributed by atoms with E-state index in [1.165, 1.54) is 4.90 Å². The molecule has 0 spiro atoms. The second kappa shape index (κ2) is 10.7. The van der Waals surface area contributed by atoms with Gasteiger partial charge in [-0.1, -0.05) is 91.0 Å². The van der Waals surface area contributed by atoms with Crippen molar-refractivity contribution in [3.8, 4) is 0 Å². The minimum absolute atomic E-state index is 0.00379. The van der Waals surface area contributed by atoms with Crippen molar-refractivity contribution in [3.05, 3.63) is 132 Å². The van der Waals surface area contributed by atoms with Gasteiger partial charge in [0.15, 0.2) is 0 Å². The summed E-state index contributed by atoms with van der Waals surface area (Å²) in [6.07, 6.45) is -1.09. The third kappa shape index (κ3) is 4.45. The Morgan fingerprint density at radius 3 is 1.88 bits per heavy atom. The van der Waals surface area contributed by atoms with Crippen LogP contribution in [0.3, 0.4) is 0 Å². The number of aliphatic hydroxyl groups is 1. The number of imide groups is 1. The van der Waals surface area contributed by atoms with Gasteiger partial charge >= 0.3 is 5.97 Å². The molecular weight excluding hydrogens is 558 g/mol. The van der Waals surface area contributed by atoms with Gasteiger partial charge in [0.2, 0.25) is 0 Å². The van der Waals surface area contributed by atoms with E-state index in [2.05, 4.69) is 24.3 Å². The van der Waals surface area contributed by atoms with Crippen LogP contribution in [0.4, 0.5) is 0 Å². The van der Waals surface area contributed by atoms with Crippen molar-refractivity contribution < 1.29 is 28.7 Å². The monoisotopic (exact) mass is 589 g/mol. The van der Waals surface area contributed by atoms with Crippen LogP contribution < -0.4 is 10.4 Å². The van der Waals surface area contributed by atoms with Crippen LogP contribution in [0.1, 0.15) is 43.9 Å². The van der Waals surface area contributed by atoms with Crippen LogP contribution in [0, 0.1) is 5.41 Å². The van der Waals surface area contributed by atoms with Gasteiger partial charge in [-0.15, -0.1) is 0 Å². The summed E-state index contributed by atoms with van der Waals surface area (Å²) in [4.78, 5) is 41.4. The van der Waals surface area contributed by atoms with Crippen molar-refractivity contribution in [2.45, 2.75) is 37.1 Å². The van der Waals surface area contributed by atoms with Gasteiger partial charge in [-0.05, 0) is 53.5 Å². The molecule has 2 heterocycles. The first kappa shape index (κ1) is 27.5. The summed E-state index contributed by atoms with van der Waals surface area (Å²) in [5, 5.41) is 14.2. The number of carbonyl (C=O) groups excluding carboxylic acids is 3. The Balaban J connectivity index is 1.28. The Morgan fingerprint density at radius 1 is 0.814 bits per heavy atom. The first-order valence-electron chi connectivity index (χ1n) is 14.6. The van der Waals surface area contributed by atoms with Gasteiger partial charge in [0, 0.05) is 5.41 Å². The molecule has 2 amide bonds. The van der Waals surface area contributed by atoms with Crippen molar-refractivity contribution in [2.24, 2.45) is 5.41 Å². The fourth-order valence-corrected chi connectivity index (χ4v) is 11.6. The molecule has 1 saturated carbocycles. The fraction of sp³-hybridized carbons (Fsp3) is 0.229. The molecule has 0 aromatic heterocycles. The molecule has 8 heteroatoms. The zero-order valence-corrected chi connectivity index (χ0v) is 24.5. The minimum atomic E-state index is -2.89. The van der Waals surface area contributed by atoms with Crippen LogP contribution in [0.5, 0.6) is 0 Å². The van der Waals surface area contributed by atoms with Crippen LogP contribution in [-0.2, 0) is 9.16 Å². The molecule has 0 unspecified atom stereocenters. The van der Waals surface area contributed by atoms with Gasteiger partial charge in [-0.2, -0.15) is 0 Å². The van der Waals surface area contributed by atoms with E-state index in [1.54, 1.807) is 48.5 Å².